The van der Waals surface area contributed by atoms with Crippen molar-refractivity contribution in [1.82, 2.24) is 9.13 Å². The first-order valence-corrected chi connectivity index (χ1v) is 14.8. The van der Waals surface area contributed by atoms with Crippen LogP contribution in [0.2, 0.25) is 0 Å². The van der Waals surface area contributed by atoms with Crippen molar-refractivity contribution in [1.29, 1.82) is 5.26 Å². The lowest BCUT2D eigenvalue weighted by Crippen LogP contribution is -2.08. The fraction of sp³-hybridized carbons (Fsp3) is 0.0513. The predicted molar refractivity (Wildman–Crippen MR) is 175 cm³/mol. The summed E-state index contributed by atoms with van der Waals surface area (Å²) in [4.78, 5) is 0. The molecule has 3 nitrogen and oxygen atoms in total. The number of rotatable bonds is 3. The maximum Gasteiger partial charge on any atom is 0.200 e. The maximum atomic E-state index is 15.8. The maximum absolute atomic E-state index is 15.8. The van der Waals surface area contributed by atoms with Crippen LogP contribution >= 0.6 is 0 Å². The molecule has 228 valence electrons. The molecule has 2 heterocycles. The Hall–Kier alpha value is -5.94. The number of aryl methyl sites for hydroxylation is 2. The van der Waals surface area contributed by atoms with Gasteiger partial charge in [-0.05, 0) is 62.4 Å². The zero-order chi connectivity index (χ0) is 32.7. The number of aromatic nitrogens is 2. The number of halogens is 5. The van der Waals surface area contributed by atoms with Crippen molar-refractivity contribution < 1.29 is 22.0 Å². The molecule has 2 aromatic heterocycles. The molecule has 0 saturated heterocycles. The highest BCUT2D eigenvalue weighted by molar-refractivity contribution is 6.11. The minimum atomic E-state index is -2.25. The number of fused-ring (bicyclic) bond motifs is 6. The highest BCUT2D eigenvalue weighted by Gasteiger charge is 2.30. The van der Waals surface area contributed by atoms with Crippen molar-refractivity contribution >= 4 is 43.6 Å². The van der Waals surface area contributed by atoms with Crippen LogP contribution in [0.1, 0.15) is 16.7 Å². The fourth-order valence-electron chi connectivity index (χ4n) is 6.77. The number of benzene rings is 6. The summed E-state index contributed by atoms with van der Waals surface area (Å²) in [6.45, 7) is 3.89. The highest BCUT2D eigenvalue weighted by atomic mass is 19.2. The van der Waals surface area contributed by atoms with Crippen LogP contribution in [0.4, 0.5) is 22.0 Å². The minimum Gasteiger partial charge on any atom is -0.309 e. The zero-order valence-electron chi connectivity index (χ0n) is 25.0. The first-order valence-electron chi connectivity index (χ1n) is 14.8. The van der Waals surface area contributed by atoms with Gasteiger partial charge in [0.2, 0.25) is 5.82 Å². The van der Waals surface area contributed by atoms with Crippen molar-refractivity contribution in [3.05, 3.63) is 143 Å². The third-order valence-electron chi connectivity index (χ3n) is 8.85. The average molecular weight is 628 g/mol. The van der Waals surface area contributed by atoms with Crippen molar-refractivity contribution in [3.8, 4) is 28.6 Å². The van der Waals surface area contributed by atoms with Gasteiger partial charge in [-0.2, -0.15) is 5.26 Å². The van der Waals surface area contributed by atoms with Gasteiger partial charge in [0.25, 0.3) is 0 Å². The van der Waals surface area contributed by atoms with E-state index in [1.165, 1.54) is 12.1 Å². The van der Waals surface area contributed by atoms with E-state index >= 15 is 8.78 Å². The monoisotopic (exact) mass is 627 g/mol. The number of nitriles is 1. The molecule has 47 heavy (non-hydrogen) atoms. The van der Waals surface area contributed by atoms with Crippen LogP contribution in [0, 0.1) is 54.3 Å². The summed E-state index contributed by atoms with van der Waals surface area (Å²) in [6.07, 6.45) is 0. The van der Waals surface area contributed by atoms with E-state index in [9.17, 15) is 18.4 Å². The lowest BCUT2D eigenvalue weighted by molar-refractivity contribution is 0.381. The Labute approximate surface area is 264 Å². The highest BCUT2D eigenvalue weighted by Crippen LogP contribution is 2.43. The lowest BCUT2D eigenvalue weighted by atomic mass is 9.97. The van der Waals surface area contributed by atoms with Gasteiger partial charge < -0.3 is 9.13 Å². The van der Waals surface area contributed by atoms with Gasteiger partial charge in [-0.1, -0.05) is 59.7 Å². The molecule has 0 atom stereocenters. The van der Waals surface area contributed by atoms with Crippen molar-refractivity contribution in [2.24, 2.45) is 0 Å². The normalized spacial score (nSPS) is 11.7. The molecule has 8 aromatic rings. The molecule has 0 aliphatic heterocycles. The number of hydrogen-bond acceptors (Lipinski definition) is 1. The Kier molecular flexibility index (Phi) is 6.25. The molecule has 0 bridgehead atoms. The second kappa shape index (κ2) is 10.3. The fourth-order valence-corrected chi connectivity index (χ4v) is 6.77. The van der Waals surface area contributed by atoms with Crippen LogP contribution < -0.4 is 0 Å². The number of nitrogens with zero attached hydrogens (tertiary/aromatic N) is 3. The summed E-state index contributed by atoms with van der Waals surface area (Å²) in [7, 11) is 0. The third kappa shape index (κ3) is 4.03. The zero-order valence-corrected chi connectivity index (χ0v) is 25.0. The van der Waals surface area contributed by atoms with Gasteiger partial charge in [-0.3, -0.25) is 0 Å². The Balaban J connectivity index is 1.59. The van der Waals surface area contributed by atoms with Gasteiger partial charge in [-0.25, -0.2) is 22.0 Å². The first kappa shape index (κ1) is 28.5. The number of para-hydroxylation sites is 2. The smallest absolute Gasteiger partial charge is 0.200 e. The topological polar surface area (TPSA) is 33.6 Å². The van der Waals surface area contributed by atoms with E-state index in [-0.39, 0.29) is 22.5 Å². The summed E-state index contributed by atoms with van der Waals surface area (Å²) in [6, 6.07) is 31.4. The molecule has 0 saturated carbocycles. The largest absolute Gasteiger partial charge is 0.309 e. The molecule has 8 rings (SSSR count). The Morgan fingerprint density at radius 1 is 0.489 bits per heavy atom. The molecule has 0 radical (unpaired) electrons. The molecule has 6 aromatic carbocycles. The van der Waals surface area contributed by atoms with E-state index in [1.807, 2.05) is 92.7 Å². The molecule has 0 amide bonds. The first-order chi connectivity index (χ1) is 22.7. The van der Waals surface area contributed by atoms with E-state index in [0.29, 0.717) is 22.1 Å². The molecular weight excluding hydrogens is 605 g/mol. The van der Waals surface area contributed by atoms with Crippen LogP contribution in [0.5, 0.6) is 0 Å². The lowest BCUT2D eigenvalue weighted by Gasteiger charge is -2.20. The van der Waals surface area contributed by atoms with Crippen molar-refractivity contribution in [2.45, 2.75) is 13.8 Å². The van der Waals surface area contributed by atoms with Crippen molar-refractivity contribution in [3.63, 3.8) is 0 Å². The molecule has 0 N–H and O–H groups in total. The van der Waals surface area contributed by atoms with Gasteiger partial charge in [0.1, 0.15) is 6.07 Å². The van der Waals surface area contributed by atoms with E-state index in [4.69, 9.17) is 0 Å². The predicted octanol–water partition coefficient (Wildman–Crippen LogP) is 10.7. The van der Waals surface area contributed by atoms with Crippen LogP contribution in [0.15, 0.2) is 97.1 Å². The quantitative estimate of drug-likeness (QED) is 0.109. The SMILES string of the molecule is Cc1ccc2c(c1)c1ccccc1n2-c1cc(-c2c(F)c(F)c(F)c(F)c2F)c(-n2c3ccccc3c3cc(C)ccc32)cc1C#N. The van der Waals surface area contributed by atoms with Crippen LogP contribution in [0.25, 0.3) is 66.1 Å². The van der Waals surface area contributed by atoms with Gasteiger partial charge in [0.05, 0.1) is 44.6 Å². The van der Waals surface area contributed by atoms with Gasteiger partial charge in [0, 0.05) is 27.1 Å². The van der Waals surface area contributed by atoms with E-state index in [2.05, 4.69) is 6.07 Å². The second-order valence-corrected chi connectivity index (χ2v) is 11.7. The van der Waals surface area contributed by atoms with E-state index in [0.717, 1.165) is 32.7 Å². The van der Waals surface area contributed by atoms with Crippen LogP contribution in [-0.4, -0.2) is 9.13 Å². The number of hydrogen-bond donors (Lipinski definition) is 0. The third-order valence-corrected chi connectivity index (χ3v) is 8.85. The summed E-state index contributed by atoms with van der Waals surface area (Å²) in [5.74, 6) is -10.3. The average Bonchev–Trinajstić information content (AvgIpc) is 3.58. The molecule has 0 unspecified atom stereocenters. The van der Waals surface area contributed by atoms with Crippen molar-refractivity contribution in [2.75, 3.05) is 0 Å². The Bertz CT molecular complexity index is 2650. The van der Waals surface area contributed by atoms with Crippen LogP contribution in [-0.2, 0) is 0 Å². The molecular formula is C39H22F5N3. The van der Waals surface area contributed by atoms with Gasteiger partial charge >= 0.3 is 0 Å². The molecule has 8 heteroatoms. The standard InChI is InChI=1S/C39H22F5N3/c1-20-11-13-30-25(15-20)23-7-3-5-9-28(23)46(30)32-18-27(34-35(40)37(42)39(44)38(43)36(34)41)33(17-22(32)19-45)47-29-10-6-4-8-24(29)26-16-21(2)12-14-31(26)47/h3-18H,1-2H3. The summed E-state index contributed by atoms with van der Waals surface area (Å²) in [5.41, 5.74) is 3.72. The van der Waals surface area contributed by atoms with Crippen LogP contribution in [0.3, 0.4) is 0 Å². The second-order valence-electron chi connectivity index (χ2n) is 11.7. The minimum absolute atomic E-state index is 0.0835. The molecule has 0 aliphatic rings. The summed E-state index contributed by atoms with van der Waals surface area (Å²) >= 11 is 0. The summed E-state index contributed by atoms with van der Waals surface area (Å²) < 4.78 is 79.2. The Morgan fingerprint density at radius 3 is 1.45 bits per heavy atom. The molecule has 0 aliphatic carbocycles. The molecule has 0 spiro atoms. The Morgan fingerprint density at radius 2 is 0.936 bits per heavy atom. The summed E-state index contributed by atoms with van der Waals surface area (Å²) in [5, 5.41) is 14.0. The molecule has 0 fully saturated rings. The van der Waals surface area contributed by atoms with Gasteiger partial charge in [0.15, 0.2) is 23.3 Å². The van der Waals surface area contributed by atoms with E-state index in [1.54, 1.807) is 15.2 Å². The van der Waals surface area contributed by atoms with E-state index < -0.39 is 34.6 Å². The van der Waals surface area contributed by atoms with Gasteiger partial charge in [-0.15, -0.1) is 0 Å².